The average molecular weight is 360 g/mol. The Morgan fingerprint density at radius 1 is 1.12 bits per heavy atom. The smallest absolute Gasteiger partial charge is 0.138 e. The number of aliphatic hydroxyl groups excluding tert-OH is 1. The lowest BCUT2D eigenvalue weighted by Gasteiger charge is -2.16. The molecule has 26 heavy (non-hydrogen) atoms. The van der Waals surface area contributed by atoms with Crippen LogP contribution in [0.2, 0.25) is 0 Å². The van der Waals surface area contributed by atoms with E-state index >= 15 is 0 Å². The summed E-state index contributed by atoms with van der Waals surface area (Å²) in [5, 5.41) is 17.6. The molecular weight excluding hydrogens is 322 g/mol. The lowest BCUT2D eigenvalue weighted by Crippen LogP contribution is -2.21. The van der Waals surface area contributed by atoms with Crippen molar-refractivity contribution in [2.24, 2.45) is 11.8 Å². The van der Waals surface area contributed by atoms with Crippen LogP contribution in [0.5, 0.6) is 0 Å². The van der Waals surface area contributed by atoms with Crippen molar-refractivity contribution in [3.8, 4) is 0 Å². The van der Waals surface area contributed by atoms with E-state index in [9.17, 15) is 9.90 Å². The summed E-state index contributed by atoms with van der Waals surface area (Å²) >= 11 is 0. The van der Waals surface area contributed by atoms with Crippen LogP contribution in [-0.4, -0.2) is 22.7 Å². The maximum atomic E-state index is 12.3. The number of aliphatic hydroxyl groups is 1. The lowest BCUT2D eigenvalue weighted by molar-refractivity contribution is -0.124. The Labute approximate surface area is 160 Å². The zero-order chi connectivity index (χ0) is 20.1. The molecule has 0 radical (unpaired) electrons. The largest absolute Gasteiger partial charge is 0.388 e. The van der Waals surface area contributed by atoms with Crippen molar-refractivity contribution < 1.29 is 9.90 Å². The molecule has 0 amide bonds. The highest BCUT2D eigenvalue weighted by molar-refractivity contribution is 5.82. The standard InChI is InChI=1S/C23H37NO2/c1-7-17(2)11-9-8-10-12-18(3)15-20(5)23(26)16-22(25)19(4)13-14-21(6)24/h8-13,18,20,22,24-25H,7,14-16H2,1-6H3/b9-8+,12-10+,17-11+,19-13+,24-21?/t18-,20-,22+/m1/s1. The van der Waals surface area contributed by atoms with Gasteiger partial charge in [0.15, 0.2) is 0 Å². The second kappa shape index (κ2) is 13.5. The number of nitrogens with one attached hydrogen (secondary N) is 1. The van der Waals surface area contributed by atoms with Gasteiger partial charge in [-0.3, -0.25) is 4.79 Å². The van der Waals surface area contributed by atoms with Gasteiger partial charge < -0.3 is 10.5 Å². The van der Waals surface area contributed by atoms with Crippen LogP contribution in [-0.2, 0) is 4.79 Å². The summed E-state index contributed by atoms with van der Waals surface area (Å²) in [6.07, 6.45) is 13.9. The van der Waals surface area contributed by atoms with Crippen molar-refractivity contribution in [3.63, 3.8) is 0 Å². The fourth-order valence-corrected chi connectivity index (χ4v) is 2.43. The Morgan fingerprint density at radius 2 is 1.77 bits per heavy atom. The normalized spacial score (nSPS) is 16.9. The highest BCUT2D eigenvalue weighted by atomic mass is 16.3. The van der Waals surface area contributed by atoms with Crippen LogP contribution >= 0.6 is 0 Å². The van der Waals surface area contributed by atoms with Crippen LogP contribution in [0, 0.1) is 17.2 Å². The predicted octanol–water partition coefficient (Wildman–Crippen LogP) is 5.81. The molecule has 0 saturated heterocycles. The summed E-state index contributed by atoms with van der Waals surface area (Å²) in [6, 6.07) is 0. The first-order valence-electron chi connectivity index (χ1n) is 9.59. The van der Waals surface area contributed by atoms with Crippen molar-refractivity contribution >= 4 is 11.5 Å². The Balaban J connectivity index is 4.44. The third-order valence-electron chi connectivity index (χ3n) is 4.53. The summed E-state index contributed by atoms with van der Waals surface area (Å²) in [5.74, 6) is 0.325. The molecule has 0 aliphatic rings. The van der Waals surface area contributed by atoms with E-state index in [0.29, 0.717) is 18.1 Å². The van der Waals surface area contributed by atoms with Gasteiger partial charge in [0.1, 0.15) is 5.78 Å². The molecule has 0 unspecified atom stereocenters. The summed E-state index contributed by atoms with van der Waals surface area (Å²) in [5.41, 5.74) is 2.66. The van der Waals surface area contributed by atoms with Crippen LogP contribution in [0.4, 0.5) is 0 Å². The monoisotopic (exact) mass is 359 g/mol. The van der Waals surface area contributed by atoms with Crippen LogP contribution in [0.3, 0.4) is 0 Å². The minimum Gasteiger partial charge on any atom is -0.388 e. The van der Waals surface area contributed by atoms with Gasteiger partial charge in [0.25, 0.3) is 0 Å². The highest BCUT2D eigenvalue weighted by Crippen LogP contribution is 2.18. The fourth-order valence-electron chi connectivity index (χ4n) is 2.43. The predicted molar refractivity (Wildman–Crippen MR) is 113 cm³/mol. The minimum absolute atomic E-state index is 0.0761. The summed E-state index contributed by atoms with van der Waals surface area (Å²) in [6.45, 7) is 11.8. The molecule has 0 rings (SSSR count). The Bertz CT molecular complexity index is 567. The van der Waals surface area contributed by atoms with Crippen LogP contribution < -0.4 is 0 Å². The number of carbonyl (C=O) groups excluding carboxylic acids is 1. The third kappa shape index (κ3) is 11.8. The van der Waals surface area contributed by atoms with Crippen LogP contribution in [0.15, 0.2) is 47.6 Å². The zero-order valence-corrected chi connectivity index (χ0v) is 17.4. The van der Waals surface area contributed by atoms with E-state index in [1.165, 1.54) is 5.57 Å². The maximum Gasteiger partial charge on any atom is 0.138 e. The van der Waals surface area contributed by atoms with Crippen LogP contribution in [0.1, 0.15) is 67.2 Å². The van der Waals surface area contributed by atoms with Gasteiger partial charge in [0.2, 0.25) is 0 Å². The quantitative estimate of drug-likeness (QED) is 0.262. The Hall–Kier alpha value is -1.74. The number of hydrogen-bond donors (Lipinski definition) is 2. The van der Waals surface area contributed by atoms with Crippen LogP contribution in [0.25, 0.3) is 0 Å². The number of rotatable bonds is 12. The summed E-state index contributed by atoms with van der Waals surface area (Å²) in [7, 11) is 0. The molecule has 2 N–H and O–H groups in total. The molecule has 0 aliphatic heterocycles. The SMILES string of the molecule is CC/C(C)=C/C=C/C=C/[C@@H](C)C[C@@H](C)C(=O)C[C@H](O)/C(C)=C/CC(C)=N. The number of hydrogen-bond acceptors (Lipinski definition) is 3. The zero-order valence-electron chi connectivity index (χ0n) is 17.4. The van der Waals surface area contributed by atoms with Gasteiger partial charge in [-0.15, -0.1) is 0 Å². The minimum atomic E-state index is -0.744. The Kier molecular flexibility index (Phi) is 12.6. The number of Topliss-reactive ketones (excluding diaryl/α,β-unsaturated/α-hetero) is 1. The van der Waals surface area contributed by atoms with E-state index in [4.69, 9.17) is 5.41 Å². The van der Waals surface area contributed by atoms with E-state index < -0.39 is 6.10 Å². The first-order chi connectivity index (χ1) is 12.2. The van der Waals surface area contributed by atoms with Gasteiger partial charge in [-0.25, -0.2) is 0 Å². The van der Waals surface area contributed by atoms with E-state index in [-0.39, 0.29) is 18.1 Å². The molecule has 146 valence electrons. The molecule has 3 nitrogen and oxygen atoms in total. The average Bonchev–Trinajstić information content (AvgIpc) is 2.58. The molecule has 3 heteroatoms. The highest BCUT2D eigenvalue weighted by Gasteiger charge is 2.19. The van der Waals surface area contributed by atoms with Gasteiger partial charge in [-0.05, 0) is 45.1 Å². The first-order valence-corrected chi connectivity index (χ1v) is 9.59. The van der Waals surface area contributed by atoms with E-state index in [0.717, 1.165) is 18.4 Å². The second-order valence-electron chi connectivity index (χ2n) is 7.37. The van der Waals surface area contributed by atoms with Gasteiger partial charge in [0, 0.05) is 24.5 Å². The van der Waals surface area contributed by atoms with Crippen molar-refractivity contribution in [2.75, 3.05) is 0 Å². The topological polar surface area (TPSA) is 61.1 Å². The van der Waals surface area contributed by atoms with E-state index in [2.05, 4.69) is 32.9 Å². The van der Waals surface area contributed by atoms with Gasteiger partial charge in [0.05, 0.1) is 6.10 Å². The molecule has 0 aromatic rings. The third-order valence-corrected chi connectivity index (χ3v) is 4.53. The molecule has 0 fully saturated rings. The van der Waals surface area contributed by atoms with Gasteiger partial charge in [-0.2, -0.15) is 0 Å². The van der Waals surface area contributed by atoms with Crippen molar-refractivity contribution in [1.29, 1.82) is 5.41 Å². The second-order valence-corrected chi connectivity index (χ2v) is 7.37. The van der Waals surface area contributed by atoms with Crippen molar-refractivity contribution in [2.45, 2.75) is 73.3 Å². The number of ketones is 1. The molecule has 0 aromatic carbocycles. The number of allylic oxidation sites excluding steroid dienone is 7. The van der Waals surface area contributed by atoms with Gasteiger partial charge >= 0.3 is 0 Å². The Morgan fingerprint density at radius 3 is 2.35 bits per heavy atom. The summed E-state index contributed by atoms with van der Waals surface area (Å²) in [4.78, 5) is 12.3. The summed E-state index contributed by atoms with van der Waals surface area (Å²) < 4.78 is 0. The molecular formula is C23H37NO2. The molecule has 0 saturated carbocycles. The maximum absolute atomic E-state index is 12.3. The van der Waals surface area contributed by atoms with Gasteiger partial charge in [-0.1, -0.05) is 62.8 Å². The van der Waals surface area contributed by atoms with E-state index in [1.54, 1.807) is 6.92 Å². The van der Waals surface area contributed by atoms with E-state index in [1.807, 2.05) is 38.2 Å². The lowest BCUT2D eigenvalue weighted by atomic mass is 9.90. The fraction of sp³-hybridized carbons (Fsp3) is 0.565. The van der Waals surface area contributed by atoms with Crippen molar-refractivity contribution in [3.05, 3.63) is 47.6 Å². The number of carbonyl (C=O) groups is 1. The molecule has 0 aromatic heterocycles. The van der Waals surface area contributed by atoms with Crippen molar-refractivity contribution in [1.82, 2.24) is 0 Å². The molecule has 0 heterocycles. The molecule has 0 aliphatic carbocycles. The molecule has 3 atom stereocenters. The molecule has 0 bridgehead atoms. The molecule has 0 spiro atoms. The first kappa shape index (κ1) is 24.3.